The topological polar surface area (TPSA) is 42.0 Å². The molecule has 1 aliphatic rings. The Morgan fingerprint density at radius 1 is 1.32 bits per heavy atom. The van der Waals surface area contributed by atoms with Gasteiger partial charge in [-0.25, -0.2) is 9.37 Å². The van der Waals surface area contributed by atoms with E-state index in [9.17, 15) is 9.18 Å². The Balaban J connectivity index is 1.49. The van der Waals surface area contributed by atoms with Crippen molar-refractivity contribution < 1.29 is 9.18 Å². The van der Waals surface area contributed by atoms with Crippen LogP contribution in [-0.2, 0) is 10.5 Å². The molecule has 0 radical (unpaired) electrons. The van der Waals surface area contributed by atoms with Crippen molar-refractivity contribution in [2.24, 2.45) is 0 Å². The van der Waals surface area contributed by atoms with Crippen molar-refractivity contribution in [2.75, 3.05) is 0 Å². The van der Waals surface area contributed by atoms with Gasteiger partial charge >= 0.3 is 0 Å². The Kier molecular flexibility index (Phi) is 6.48. The summed E-state index contributed by atoms with van der Waals surface area (Å²) in [6, 6.07) is 6.73. The highest BCUT2D eigenvalue weighted by molar-refractivity contribution is 7.99. The lowest BCUT2D eigenvalue weighted by atomic mass is 9.95. The first-order valence-electron chi connectivity index (χ1n) is 8.74. The number of nitrogens with one attached hydrogen (secondary N) is 1. The van der Waals surface area contributed by atoms with E-state index in [0.717, 1.165) is 29.1 Å². The van der Waals surface area contributed by atoms with Gasteiger partial charge in [-0.15, -0.1) is 23.1 Å². The highest BCUT2D eigenvalue weighted by atomic mass is 32.2. The predicted molar refractivity (Wildman–Crippen MR) is 103 cm³/mol. The van der Waals surface area contributed by atoms with Gasteiger partial charge in [0.05, 0.1) is 10.9 Å². The molecule has 1 N–H and O–H groups in total. The Morgan fingerprint density at radius 3 is 2.76 bits per heavy atom. The van der Waals surface area contributed by atoms with Gasteiger partial charge < -0.3 is 5.32 Å². The fourth-order valence-corrected chi connectivity index (χ4v) is 4.67. The zero-order chi connectivity index (χ0) is 17.6. The number of aromatic nitrogens is 1. The largest absolute Gasteiger partial charge is 0.352 e. The van der Waals surface area contributed by atoms with E-state index in [2.05, 4.69) is 10.3 Å². The average molecular weight is 379 g/mol. The molecule has 1 fully saturated rings. The molecule has 1 atom stereocenters. The van der Waals surface area contributed by atoms with Crippen molar-refractivity contribution >= 4 is 29.0 Å². The number of hydrogen-bond donors (Lipinski definition) is 1. The van der Waals surface area contributed by atoms with Crippen LogP contribution in [0.15, 0.2) is 29.6 Å². The maximum absolute atomic E-state index is 13.0. The lowest BCUT2D eigenvalue weighted by Gasteiger charge is -2.24. The number of carbonyl (C=O) groups is 1. The first-order chi connectivity index (χ1) is 12.1. The normalized spacial score (nSPS) is 16.6. The van der Waals surface area contributed by atoms with Crippen molar-refractivity contribution in [2.45, 2.75) is 56.1 Å². The summed E-state index contributed by atoms with van der Waals surface area (Å²) in [5.41, 5.74) is 1.89. The number of halogens is 1. The third kappa shape index (κ3) is 5.28. The minimum atomic E-state index is -0.242. The van der Waals surface area contributed by atoms with E-state index in [0.29, 0.717) is 11.8 Å². The smallest absolute Gasteiger partial charge is 0.233 e. The number of carbonyl (C=O) groups excluding carboxylic acids is 1. The summed E-state index contributed by atoms with van der Waals surface area (Å²) in [6.45, 7) is 1.95. The lowest BCUT2D eigenvalue weighted by molar-refractivity contribution is -0.121. The summed E-state index contributed by atoms with van der Waals surface area (Å²) in [4.78, 5) is 16.9. The molecule has 6 heteroatoms. The second-order valence-electron chi connectivity index (χ2n) is 6.45. The summed E-state index contributed by atoms with van der Waals surface area (Å²) < 4.78 is 13.0. The van der Waals surface area contributed by atoms with Crippen LogP contribution in [0.25, 0.3) is 10.6 Å². The summed E-state index contributed by atoms with van der Waals surface area (Å²) in [6.07, 6.45) is 5.94. The molecule has 0 spiro atoms. The highest BCUT2D eigenvalue weighted by Crippen LogP contribution is 2.27. The fraction of sp³-hybridized carbons (Fsp3) is 0.474. The Bertz CT molecular complexity index is 696. The molecule has 134 valence electrons. The summed E-state index contributed by atoms with van der Waals surface area (Å²) in [7, 11) is 0. The number of amides is 1. The lowest BCUT2D eigenvalue weighted by Crippen LogP contribution is -2.40. The van der Waals surface area contributed by atoms with Gasteiger partial charge in [0.25, 0.3) is 0 Å². The van der Waals surface area contributed by atoms with Gasteiger partial charge in [0.2, 0.25) is 5.91 Å². The van der Waals surface area contributed by atoms with Crippen LogP contribution in [-0.4, -0.2) is 22.2 Å². The Hall–Kier alpha value is -1.40. The van der Waals surface area contributed by atoms with E-state index >= 15 is 0 Å². The third-order valence-electron chi connectivity index (χ3n) is 4.44. The number of thioether (sulfide) groups is 1. The Labute approximate surface area is 156 Å². The van der Waals surface area contributed by atoms with Gasteiger partial charge in [-0.2, -0.15) is 0 Å². The number of benzene rings is 1. The second-order valence-corrected chi connectivity index (χ2v) is 8.63. The molecule has 1 unspecified atom stereocenters. The van der Waals surface area contributed by atoms with Crippen LogP contribution >= 0.6 is 23.1 Å². The third-order valence-corrected chi connectivity index (χ3v) is 6.56. The minimum Gasteiger partial charge on any atom is -0.352 e. The van der Waals surface area contributed by atoms with Crippen molar-refractivity contribution in [3.05, 3.63) is 41.2 Å². The quantitative estimate of drug-likeness (QED) is 0.767. The molecule has 1 aromatic carbocycles. The van der Waals surface area contributed by atoms with Gasteiger partial charge in [0.15, 0.2) is 0 Å². The molecular weight excluding hydrogens is 355 g/mol. The van der Waals surface area contributed by atoms with Gasteiger partial charge in [-0.3, -0.25) is 4.79 Å². The van der Waals surface area contributed by atoms with E-state index < -0.39 is 0 Å². The molecule has 0 saturated heterocycles. The fourth-order valence-electron chi connectivity index (χ4n) is 2.95. The van der Waals surface area contributed by atoms with Crippen LogP contribution in [0.4, 0.5) is 4.39 Å². The van der Waals surface area contributed by atoms with Crippen LogP contribution in [0.1, 0.15) is 44.7 Å². The molecule has 1 aromatic heterocycles. The van der Waals surface area contributed by atoms with Crippen LogP contribution in [0.2, 0.25) is 0 Å². The molecule has 0 aliphatic heterocycles. The molecule has 1 amide bonds. The predicted octanol–water partition coefficient (Wildman–Crippen LogP) is 5.02. The highest BCUT2D eigenvalue weighted by Gasteiger charge is 2.20. The van der Waals surface area contributed by atoms with Crippen molar-refractivity contribution in [1.29, 1.82) is 0 Å². The second kappa shape index (κ2) is 8.81. The maximum atomic E-state index is 13.0. The molecule has 2 aromatic rings. The van der Waals surface area contributed by atoms with Gasteiger partial charge in [-0.05, 0) is 44.0 Å². The van der Waals surface area contributed by atoms with E-state index in [1.165, 1.54) is 31.4 Å². The zero-order valence-corrected chi connectivity index (χ0v) is 16.0. The van der Waals surface area contributed by atoms with Crippen molar-refractivity contribution in [1.82, 2.24) is 10.3 Å². The van der Waals surface area contributed by atoms with E-state index in [4.69, 9.17) is 0 Å². The van der Waals surface area contributed by atoms with Crippen LogP contribution in [0.5, 0.6) is 0 Å². The molecule has 0 bridgehead atoms. The molecule has 3 rings (SSSR count). The SMILES string of the molecule is CC(SCc1csc(-c2ccc(F)cc2)n1)C(=O)NC1CCCCC1. The first kappa shape index (κ1) is 18.4. The number of rotatable bonds is 6. The molecule has 25 heavy (non-hydrogen) atoms. The summed E-state index contributed by atoms with van der Waals surface area (Å²) in [5.74, 6) is 0.594. The average Bonchev–Trinajstić information content (AvgIpc) is 3.10. The van der Waals surface area contributed by atoms with Gasteiger partial charge in [-0.1, -0.05) is 19.3 Å². The van der Waals surface area contributed by atoms with Crippen LogP contribution in [0, 0.1) is 5.82 Å². The zero-order valence-electron chi connectivity index (χ0n) is 14.3. The van der Waals surface area contributed by atoms with Gasteiger partial charge in [0.1, 0.15) is 10.8 Å². The van der Waals surface area contributed by atoms with Crippen molar-refractivity contribution in [3.63, 3.8) is 0 Å². The first-order valence-corrected chi connectivity index (χ1v) is 10.7. The van der Waals surface area contributed by atoms with E-state index in [1.807, 2.05) is 12.3 Å². The molecule has 3 nitrogen and oxygen atoms in total. The van der Waals surface area contributed by atoms with Crippen LogP contribution in [0.3, 0.4) is 0 Å². The summed E-state index contributed by atoms with van der Waals surface area (Å²) >= 11 is 3.16. The summed E-state index contributed by atoms with van der Waals surface area (Å²) in [5, 5.41) is 5.99. The Morgan fingerprint density at radius 2 is 2.04 bits per heavy atom. The standard InChI is InChI=1S/C19H23FN2OS2/c1-13(18(23)21-16-5-3-2-4-6-16)24-11-17-12-25-19(22-17)14-7-9-15(20)10-8-14/h7-10,12-13,16H,2-6,11H2,1H3,(H,21,23). The van der Waals surface area contributed by atoms with Crippen molar-refractivity contribution in [3.8, 4) is 10.6 Å². The van der Waals surface area contributed by atoms with E-state index in [-0.39, 0.29) is 17.0 Å². The van der Waals surface area contributed by atoms with Crippen LogP contribution < -0.4 is 5.32 Å². The van der Waals surface area contributed by atoms with E-state index in [1.54, 1.807) is 35.2 Å². The molecule has 1 aliphatic carbocycles. The monoisotopic (exact) mass is 378 g/mol. The maximum Gasteiger partial charge on any atom is 0.233 e. The number of nitrogens with zero attached hydrogens (tertiary/aromatic N) is 1. The number of hydrogen-bond acceptors (Lipinski definition) is 4. The minimum absolute atomic E-state index is 0.0853. The van der Waals surface area contributed by atoms with Gasteiger partial charge in [0, 0.05) is 22.7 Å². The molecular formula is C19H23FN2OS2. The molecule has 1 heterocycles. The number of thiazole rings is 1. The molecule has 1 saturated carbocycles.